The van der Waals surface area contributed by atoms with Crippen molar-refractivity contribution in [2.75, 3.05) is 23.9 Å². The summed E-state index contributed by atoms with van der Waals surface area (Å²) in [7, 11) is 1.50. The third kappa shape index (κ3) is 5.80. The highest BCUT2D eigenvalue weighted by Crippen LogP contribution is 2.30. The van der Waals surface area contributed by atoms with Crippen LogP contribution in [0.1, 0.15) is 29.3 Å². The number of imide groups is 1. The zero-order valence-electron chi connectivity index (χ0n) is 20.8. The van der Waals surface area contributed by atoms with Crippen LogP contribution in [0.5, 0.6) is 5.75 Å². The topological polar surface area (TPSA) is 105 Å². The number of urea groups is 1. The number of anilines is 2. The van der Waals surface area contributed by atoms with E-state index in [1.165, 1.54) is 42.3 Å². The number of halogens is 1. The predicted octanol–water partition coefficient (Wildman–Crippen LogP) is 4.38. The van der Waals surface area contributed by atoms with Crippen LogP contribution in [0.4, 0.5) is 20.6 Å². The molecule has 0 radical (unpaired) electrons. The lowest BCUT2D eigenvalue weighted by Crippen LogP contribution is -2.37. The summed E-state index contributed by atoms with van der Waals surface area (Å²) >= 11 is 0. The zero-order valence-corrected chi connectivity index (χ0v) is 20.8. The number of carbonyl (C=O) groups is 4. The molecule has 0 aromatic heterocycles. The molecule has 38 heavy (non-hydrogen) atoms. The van der Waals surface area contributed by atoms with Crippen molar-refractivity contribution in [2.45, 2.75) is 25.9 Å². The second-order valence-electron chi connectivity index (χ2n) is 8.48. The molecule has 10 heteroatoms. The van der Waals surface area contributed by atoms with Crippen molar-refractivity contribution in [3.63, 3.8) is 0 Å². The Morgan fingerprint density at radius 1 is 1.00 bits per heavy atom. The average Bonchev–Trinajstić information content (AvgIpc) is 3.14. The number of esters is 1. The third-order valence-electron chi connectivity index (χ3n) is 5.95. The van der Waals surface area contributed by atoms with Crippen molar-refractivity contribution >= 4 is 35.2 Å². The first kappa shape index (κ1) is 26.3. The number of amides is 4. The van der Waals surface area contributed by atoms with Crippen LogP contribution in [-0.4, -0.2) is 48.5 Å². The molecule has 1 atom stereocenters. The Hall–Kier alpha value is -4.73. The lowest BCUT2D eigenvalue weighted by molar-refractivity contribution is -0.124. The van der Waals surface area contributed by atoms with Crippen LogP contribution in [-0.2, 0) is 20.9 Å². The van der Waals surface area contributed by atoms with Crippen LogP contribution >= 0.6 is 0 Å². The average molecular weight is 520 g/mol. The summed E-state index contributed by atoms with van der Waals surface area (Å²) in [5.74, 6) is -1.51. The molecule has 0 spiro atoms. The van der Waals surface area contributed by atoms with Crippen LogP contribution in [0.15, 0.2) is 72.8 Å². The monoisotopic (exact) mass is 519 g/mol. The molecule has 196 valence electrons. The van der Waals surface area contributed by atoms with Gasteiger partial charge in [0.1, 0.15) is 17.6 Å². The molecule has 0 bridgehead atoms. The highest BCUT2D eigenvalue weighted by Gasteiger charge is 2.46. The van der Waals surface area contributed by atoms with Crippen molar-refractivity contribution in [1.29, 1.82) is 0 Å². The van der Waals surface area contributed by atoms with Gasteiger partial charge in [0.15, 0.2) is 0 Å². The molecule has 1 N–H and O–H groups in total. The van der Waals surface area contributed by atoms with E-state index >= 15 is 0 Å². The van der Waals surface area contributed by atoms with Gasteiger partial charge in [0, 0.05) is 12.2 Å². The van der Waals surface area contributed by atoms with Crippen molar-refractivity contribution in [2.24, 2.45) is 0 Å². The molecule has 0 saturated carbocycles. The van der Waals surface area contributed by atoms with E-state index in [2.05, 4.69) is 5.32 Å². The summed E-state index contributed by atoms with van der Waals surface area (Å²) in [4.78, 5) is 54.2. The van der Waals surface area contributed by atoms with E-state index in [1.807, 2.05) is 0 Å². The highest BCUT2D eigenvalue weighted by atomic mass is 19.1. The van der Waals surface area contributed by atoms with Crippen LogP contribution in [0.2, 0.25) is 0 Å². The fourth-order valence-corrected chi connectivity index (χ4v) is 4.10. The summed E-state index contributed by atoms with van der Waals surface area (Å²) in [6.45, 7) is 1.89. The fraction of sp³-hybridized carbons (Fsp3) is 0.214. The Morgan fingerprint density at radius 3 is 2.37 bits per heavy atom. The van der Waals surface area contributed by atoms with E-state index in [0.29, 0.717) is 22.7 Å². The number of methoxy groups -OCH3 is 1. The van der Waals surface area contributed by atoms with E-state index in [0.717, 1.165) is 4.90 Å². The second kappa shape index (κ2) is 11.5. The first-order valence-corrected chi connectivity index (χ1v) is 11.9. The normalized spacial score (nSPS) is 15.0. The SMILES string of the molecule is CCOC(=O)c1cccc(NC(=O)C[C@H]2C(=O)N(c3ccc(OC)cc3)C(=O)N2Cc2ccc(F)cc2)c1. The van der Waals surface area contributed by atoms with E-state index in [1.54, 1.807) is 49.4 Å². The second-order valence-corrected chi connectivity index (χ2v) is 8.48. The molecule has 3 aromatic rings. The fourth-order valence-electron chi connectivity index (χ4n) is 4.10. The van der Waals surface area contributed by atoms with Crippen LogP contribution in [0, 0.1) is 5.82 Å². The summed E-state index contributed by atoms with van der Waals surface area (Å²) in [6, 6.07) is 16.5. The summed E-state index contributed by atoms with van der Waals surface area (Å²) in [5.41, 5.74) is 1.53. The van der Waals surface area contributed by atoms with Gasteiger partial charge in [-0.1, -0.05) is 18.2 Å². The number of hydrogen-bond acceptors (Lipinski definition) is 6. The predicted molar refractivity (Wildman–Crippen MR) is 137 cm³/mol. The van der Waals surface area contributed by atoms with E-state index in [9.17, 15) is 23.6 Å². The minimum atomic E-state index is -1.11. The Balaban J connectivity index is 1.57. The van der Waals surface area contributed by atoms with Crippen molar-refractivity contribution in [3.05, 3.63) is 89.7 Å². The Bertz CT molecular complexity index is 1340. The molecule has 0 unspecified atom stereocenters. The summed E-state index contributed by atoms with van der Waals surface area (Å²) < 4.78 is 23.6. The first-order chi connectivity index (χ1) is 18.3. The maximum atomic E-state index is 13.5. The standard InChI is InChI=1S/C28H26FN3O6/c1-3-38-27(35)19-5-4-6-21(15-19)30-25(33)16-24-26(34)32(22-11-13-23(37-2)14-12-22)28(36)31(24)17-18-7-9-20(29)10-8-18/h4-15,24H,3,16-17H2,1-2H3,(H,30,33)/t24-/m0/s1. The number of ether oxygens (including phenoxy) is 2. The molecular weight excluding hydrogens is 493 g/mol. The molecule has 9 nitrogen and oxygen atoms in total. The first-order valence-electron chi connectivity index (χ1n) is 11.9. The summed E-state index contributed by atoms with van der Waals surface area (Å²) in [5, 5.41) is 2.68. The number of nitrogens with one attached hydrogen (secondary N) is 1. The minimum Gasteiger partial charge on any atom is -0.497 e. The van der Waals surface area contributed by atoms with Crippen LogP contribution in [0.3, 0.4) is 0 Å². The molecule has 1 heterocycles. The van der Waals surface area contributed by atoms with Crippen molar-refractivity contribution < 1.29 is 33.0 Å². The van der Waals surface area contributed by atoms with Crippen LogP contribution in [0.25, 0.3) is 0 Å². The Kier molecular flexibility index (Phi) is 8.00. The van der Waals surface area contributed by atoms with Gasteiger partial charge in [-0.05, 0) is 67.1 Å². The van der Waals surface area contributed by atoms with Gasteiger partial charge in [-0.15, -0.1) is 0 Å². The van der Waals surface area contributed by atoms with E-state index in [-0.39, 0.29) is 25.1 Å². The maximum absolute atomic E-state index is 13.5. The summed E-state index contributed by atoms with van der Waals surface area (Å²) in [6.07, 6.45) is -0.331. The minimum absolute atomic E-state index is 0.00615. The largest absolute Gasteiger partial charge is 0.497 e. The van der Waals surface area contributed by atoms with Crippen molar-refractivity contribution in [3.8, 4) is 5.75 Å². The Labute approximate surface area is 218 Å². The molecule has 1 aliphatic heterocycles. The smallest absolute Gasteiger partial charge is 0.338 e. The third-order valence-corrected chi connectivity index (χ3v) is 5.95. The molecule has 4 rings (SSSR count). The Morgan fingerprint density at radius 2 is 1.71 bits per heavy atom. The number of benzene rings is 3. The highest BCUT2D eigenvalue weighted by molar-refractivity contribution is 6.22. The molecule has 4 amide bonds. The number of carbonyl (C=O) groups excluding carboxylic acids is 4. The lowest BCUT2D eigenvalue weighted by Gasteiger charge is -2.21. The zero-order chi connectivity index (χ0) is 27.2. The van der Waals surface area contributed by atoms with Gasteiger partial charge in [0.2, 0.25) is 5.91 Å². The van der Waals surface area contributed by atoms with Gasteiger partial charge in [-0.3, -0.25) is 9.59 Å². The lowest BCUT2D eigenvalue weighted by atomic mass is 10.1. The van der Waals surface area contributed by atoms with Crippen molar-refractivity contribution in [1.82, 2.24) is 4.90 Å². The van der Waals surface area contributed by atoms with Crippen LogP contribution < -0.4 is 15.0 Å². The number of rotatable bonds is 9. The van der Waals surface area contributed by atoms with Gasteiger partial charge in [0.05, 0.1) is 31.4 Å². The molecular formula is C28H26FN3O6. The van der Waals surface area contributed by atoms with Gasteiger partial charge in [0.25, 0.3) is 5.91 Å². The van der Waals surface area contributed by atoms with E-state index in [4.69, 9.17) is 9.47 Å². The van der Waals surface area contributed by atoms with Gasteiger partial charge < -0.3 is 19.7 Å². The quantitative estimate of drug-likeness (QED) is 0.332. The van der Waals surface area contributed by atoms with Gasteiger partial charge in [-0.2, -0.15) is 0 Å². The number of hydrogen-bond donors (Lipinski definition) is 1. The maximum Gasteiger partial charge on any atom is 0.338 e. The molecule has 1 saturated heterocycles. The number of nitrogens with zero attached hydrogens (tertiary/aromatic N) is 2. The molecule has 3 aromatic carbocycles. The molecule has 1 fully saturated rings. The van der Waals surface area contributed by atoms with Gasteiger partial charge in [-0.25, -0.2) is 18.9 Å². The van der Waals surface area contributed by atoms with E-state index < -0.39 is 35.7 Å². The molecule has 0 aliphatic carbocycles. The van der Waals surface area contributed by atoms with Gasteiger partial charge >= 0.3 is 12.0 Å². The molecule has 1 aliphatic rings.